The molecule has 1 aromatic carbocycles. The third-order valence-corrected chi connectivity index (χ3v) is 3.80. The number of nitrogens with two attached hydrogens (primary N) is 1. The number of nitrogens with zero attached hydrogens (tertiary/aromatic N) is 1. The molecule has 122 valence electrons. The van der Waals surface area contributed by atoms with E-state index in [4.69, 9.17) is 5.73 Å². The van der Waals surface area contributed by atoms with E-state index < -0.39 is 6.04 Å². The number of rotatable bonds is 5. The Hall–Kier alpha value is -1.46. The molecule has 0 aliphatic carbocycles. The predicted octanol–water partition coefficient (Wildman–Crippen LogP) is 2.80. The van der Waals surface area contributed by atoms with Crippen molar-refractivity contribution in [1.82, 2.24) is 9.88 Å². The lowest BCUT2D eigenvalue weighted by Crippen LogP contribution is -2.50. The molecule has 2 aromatic rings. The maximum atomic E-state index is 12.6. The molecule has 2 rings (SSSR count). The van der Waals surface area contributed by atoms with Crippen LogP contribution in [-0.4, -0.2) is 33.9 Å². The molecule has 3 N–H and O–H groups in total. The van der Waals surface area contributed by atoms with Crippen LogP contribution in [0.3, 0.4) is 0 Å². The molecule has 1 amide bonds. The SMILES string of the molecule is CC(C)N(C(=O)[C@@H](N)Cc1c[nH]c2ccccc12)C(C)C.S. The number of fused-ring (bicyclic) bond motifs is 1. The monoisotopic (exact) mass is 321 g/mol. The Morgan fingerprint density at radius 1 is 1.18 bits per heavy atom. The van der Waals surface area contributed by atoms with Gasteiger partial charge in [-0.25, -0.2) is 0 Å². The van der Waals surface area contributed by atoms with Crippen LogP contribution in [0, 0.1) is 0 Å². The minimum Gasteiger partial charge on any atom is -0.361 e. The highest BCUT2D eigenvalue weighted by atomic mass is 32.1. The highest BCUT2D eigenvalue weighted by Gasteiger charge is 2.26. The van der Waals surface area contributed by atoms with Crippen LogP contribution in [0.4, 0.5) is 0 Å². The third kappa shape index (κ3) is 3.84. The zero-order chi connectivity index (χ0) is 15.6. The van der Waals surface area contributed by atoms with Crippen LogP contribution in [-0.2, 0) is 11.2 Å². The van der Waals surface area contributed by atoms with Gasteiger partial charge in [0.2, 0.25) is 5.91 Å². The van der Waals surface area contributed by atoms with Gasteiger partial charge >= 0.3 is 0 Å². The van der Waals surface area contributed by atoms with Gasteiger partial charge < -0.3 is 15.6 Å². The van der Waals surface area contributed by atoms with Crippen molar-refractivity contribution >= 4 is 30.3 Å². The maximum absolute atomic E-state index is 12.6. The number of carbonyl (C=O) groups excluding carboxylic acids is 1. The van der Waals surface area contributed by atoms with E-state index in [9.17, 15) is 4.79 Å². The van der Waals surface area contributed by atoms with Crippen molar-refractivity contribution in [3.05, 3.63) is 36.0 Å². The van der Waals surface area contributed by atoms with Gasteiger partial charge in [-0.05, 0) is 45.7 Å². The summed E-state index contributed by atoms with van der Waals surface area (Å²) in [6.07, 6.45) is 2.51. The highest BCUT2D eigenvalue weighted by Crippen LogP contribution is 2.19. The van der Waals surface area contributed by atoms with Crippen molar-refractivity contribution in [1.29, 1.82) is 0 Å². The number of aromatic nitrogens is 1. The van der Waals surface area contributed by atoms with Gasteiger partial charge in [0.15, 0.2) is 0 Å². The molecule has 1 atom stereocenters. The van der Waals surface area contributed by atoms with Gasteiger partial charge in [-0.2, -0.15) is 13.5 Å². The first kappa shape index (κ1) is 18.6. The zero-order valence-corrected chi connectivity index (χ0v) is 14.8. The smallest absolute Gasteiger partial charge is 0.240 e. The summed E-state index contributed by atoms with van der Waals surface area (Å²) in [6, 6.07) is 7.89. The van der Waals surface area contributed by atoms with Crippen LogP contribution >= 0.6 is 13.5 Å². The Morgan fingerprint density at radius 3 is 2.36 bits per heavy atom. The molecule has 0 fully saturated rings. The number of carbonyl (C=O) groups is 1. The first-order chi connectivity index (χ1) is 9.91. The molecule has 0 aliphatic rings. The van der Waals surface area contributed by atoms with Crippen molar-refractivity contribution in [3.8, 4) is 0 Å². The largest absolute Gasteiger partial charge is 0.361 e. The summed E-state index contributed by atoms with van der Waals surface area (Å²) in [5.41, 5.74) is 8.35. The lowest BCUT2D eigenvalue weighted by molar-refractivity contribution is -0.136. The van der Waals surface area contributed by atoms with E-state index in [-0.39, 0.29) is 31.5 Å². The lowest BCUT2D eigenvalue weighted by Gasteiger charge is -2.33. The Kier molecular flexibility index (Phi) is 6.50. The van der Waals surface area contributed by atoms with Gasteiger partial charge in [0.1, 0.15) is 0 Å². The second kappa shape index (κ2) is 7.70. The Labute approximate surface area is 139 Å². The Balaban J connectivity index is 0.00000242. The molecule has 0 radical (unpaired) electrons. The maximum Gasteiger partial charge on any atom is 0.240 e. The fourth-order valence-corrected chi connectivity index (χ4v) is 2.92. The minimum atomic E-state index is -0.506. The number of hydrogen-bond donors (Lipinski definition) is 2. The zero-order valence-electron chi connectivity index (χ0n) is 13.8. The molecule has 0 saturated carbocycles. The molecule has 5 heteroatoms. The summed E-state index contributed by atoms with van der Waals surface area (Å²) in [5.74, 6) is 0.0188. The number of H-pyrrole nitrogens is 1. The quantitative estimate of drug-likeness (QED) is 0.889. The summed E-state index contributed by atoms with van der Waals surface area (Å²) >= 11 is 0. The number of nitrogens with one attached hydrogen (secondary N) is 1. The van der Waals surface area contributed by atoms with E-state index >= 15 is 0 Å². The number of aromatic amines is 1. The summed E-state index contributed by atoms with van der Waals surface area (Å²) in [5, 5.41) is 1.14. The number of amides is 1. The molecular formula is C17H27N3OS. The topological polar surface area (TPSA) is 62.1 Å². The van der Waals surface area contributed by atoms with Gasteiger partial charge in [-0.15, -0.1) is 0 Å². The molecule has 0 aliphatic heterocycles. The molecule has 1 heterocycles. The summed E-state index contributed by atoms with van der Waals surface area (Å²) in [4.78, 5) is 17.7. The fraction of sp³-hybridized carbons (Fsp3) is 0.471. The van der Waals surface area contributed by atoms with Crippen LogP contribution in [0.25, 0.3) is 10.9 Å². The van der Waals surface area contributed by atoms with Gasteiger partial charge in [0.25, 0.3) is 0 Å². The summed E-state index contributed by atoms with van der Waals surface area (Å²) < 4.78 is 0. The van der Waals surface area contributed by atoms with Gasteiger partial charge in [-0.1, -0.05) is 18.2 Å². The van der Waals surface area contributed by atoms with E-state index in [0.717, 1.165) is 16.5 Å². The second-order valence-electron chi connectivity index (χ2n) is 6.10. The van der Waals surface area contributed by atoms with E-state index in [1.807, 2.05) is 57.0 Å². The first-order valence-electron chi connectivity index (χ1n) is 7.54. The summed E-state index contributed by atoms with van der Waals surface area (Å²) in [6.45, 7) is 8.10. The average Bonchev–Trinajstić information content (AvgIpc) is 2.81. The summed E-state index contributed by atoms with van der Waals surface area (Å²) in [7, 11) is 0. The Morgan fingerprint density at radius 2 is 1.77 bits per heavy atom. The second-order valence-corrected chi connectivity index (χ2v) is 6.10. The third-order valence-electron chi connectivity index (χ3n) is 3.80. The standard InChI is InChI=1S/C17H25N3O.H2S/c1-11(2)20(12(3)4)17(21)15(18)9-13-10-19-16-8-6-5-7-14(13)16;/h5-8,10-12,15,19H,9,18H2,1-4H3;1H2/t15-;/m0./s1. The fourth-order valence-electron chi connectivity index (χ4n) is 2.92. The molecule has 0 spiro atoms. The van der Waals surface area contributed by atoms with E-state index in [2.05, 4.69) is 11.1 Å². The van der Waals surface area contributed by atoms with Gasteiger partial charge in [-0.3, -0.25) is 4.79 Å². The van der Waals surface area contributed by atoms with Crippen molar-refractivity contribution in [2.75, 3.05) is 0 Å². The molecule has 0 unspecified atom stereocenters. The molecule has 0 bridgehead atoms. The van der Waals surface area contributed by atoms with Gasteiger partial charge in [0, 0.05) is 29.2 Å². The van der Waals surface area contributed by atoms with E-state index in [1.165, 1.54) is 0 Å². The predicted molar refractivity (Wildman–Crippen MR) is 97.5 cm³/mol. The molecular weight excluding hydrogens is 294 g/mol. The molecule has 0 saturated heterocycles. The number of hydrogen-bond acceptors (Lipinski definition) is 2. The van der Waals surface area contributed by atoms with Crippen LogP contribution < -0.4 is 5.73 Å². The minimum absolute atomic E-state index is 0. The van der Waals surface area contributed by atoms with E-state index in [0.29, 0.717) is 6.42 Å². The van der Waals surface area contributed by atoms with Crippen LogP contribution in [0.2, 0.25) is 0 Å². The normalized spacial score (nSPS) is 12.5. The van der Waals surface area contributed by atoms with E-state index in [1.54, 1.807) is 0 Å². The first-order valence-corrected chi connectivity index (χ1v) is 7.54. The van der Waals surface area contributed by atoms with Crippen LogP contribution in [0.5, 0.6) is 0 Å². The number of benzene rings is 1. The molecule has 4 nitrogen and oxygen atoms in total. The lowest BCUT2D eigenvalue weighted by atomic mass is 10.0. The highest BCUT2D eigenvalue weighted by molar-refractivity contribution is 7.59. The molecule has 1 aromatic heterocycles. The van der Waals surface area contributed by atoms with Crippen molar-refractivity contribution < 1.29 is 4.79 Å². The Bertz CT molecular complexity index is 613. The van der Waals surface area contributed by atoms with Crippen LogP contribution in [0.15, 0.2) is 30.5 Å². The van der Waals surface area contributed by atoms with Gasteiger partial charge in [0.05, 0.1) is 6.04 Å². The number of para-hydroxylation sites is 1. The average molecular weight is 321 g/mol. The molecule has 22 heavy (non-hydrogen) atoms. The van der Waals surface area contributed by atoms with Crippen molar-refractivity contribution in [2.24, 2.45) is 5.73 Å². The van der Waals surface area contributed by atoms with Crippen molar-refractivity contribution in [2.45, 2.75) is 52.2 Å². The van der Waals surface area contributed by atoms with Crippen LogP contribution in [0.1, 0.15) is 33.3 Å². The van der Waals surface area contributed by atoms with Crippen molar-refractivity contribution in [3.63, 3.8) is 0 Å².